The first-order chi connectivity index (χ1) is 14.7. The summed E-state index contributed by atoms with van der Waals surface area (Å²) < 4.78 is 5.99. The number of pyridine rings is 1. The minimum absolute atomic E-state index is 0.000330. The van der Waals surface area contributed by atoms with Crippen LogP contribution in [-0.2, 0) is 11.3 Å². The van der Waals surface area contributed by atoms with Gasteiger partial charge >= 0.3 is 6.03 Å². The molecule has 30 heavy (non-hydrogen) atoms. The van der Waals surface area contributed by atoms with Crippen LogP contribution in [-0.4, -0.2) is 47.6 Å². The van der Waals surface area contributed by atoms with Crippen LogP contribution in [0.2, 0.25) is 0 Å². The van der Waals surface area contributed by atoms with E-state index in [0.29, 0.717) is 39.0 Å². The molecule has 0 bridgehead atoms. The maximum absolute atomic E-state index is 13.3. The molecule has 7 heteroatoms. The van der Waals surface area contributed by atoms with Crippen LogP contribution in [0.15, 0.2) is 48.8 Å². The molecule has 0 aliphatic carbocycles. The largest absolute Gasteiger partial charge is 0.486 e. The lowest BCUT2D eigenvalue weighted by molar-refractivity contribution is -0.126. The normalized spacial score (nSPS) is 19.0. The fraction of sp³-hybridized carbons (Fsp3) is 0.435. The molecule has 0 spiro atoms. The van der Waals surface area contributed by atoms with E-state index in [1.54, 1.807) is 12.4 Å². The molecular weight excluding hydrogens is 380 g/mol. The predicted molar refractivity (Wildman–Crippen MR) is 114 cm³/mol. The molecular formula is C23H28N4O3. The van der Waals surface area contributed by atoms with Crippen LogP contribution >= 0.6 is 0 Å². The van der Waals surface area contributed by atoms with Crippen molar-refractivity contribution in [3.8, 4) is 5.75 Å². The van der Waals surface area contributed by atoms with Gasteiger partial charge in [0.1, 0.15) is 11.9 Å². The Labute approximate surface area is 177 Å². The van der Waals surface area contributed by atoms with E-state index in [2.05, 4.69) is 17.2 Å². The first kappa shape index (κ1) is 20.2. The van der Waals surface area contributed by atoms with Gasteiger partial charge in [-0.15, -0.1) is 0 Å². The Kier molecular flexibility index (Phi) is 6.16. The topological polar surface area (TPSA) is 74.8 Å². The van der Waals surface area contributed by atoms with Gasteiger partial charge in [0.05, 0.1) is 12.2 Å². The van der Waals surface area contributed by atoms with Gasteiger partial charge < -0.3 is 15.0 Å². The number of benzene rings is 1. The molecule has 1 unspecified atom stereocenters. The van der Waals surface area contributed by atoms with Gasteiger partial charge in [0, 0.05) is 37.9 Å². The molecule has 4 rings (SSSR count). The zero-order chi connectivity index (χ0) is 20.9. The molecule has 1 aromatic carbocycles. The molecule has 7 nitrogen and oxygen atoms in total. The van der Waals surface area contributed by atoms with Gasteiger partial charge in [0.2, 0.25) is 5.91 Å². The van der Waals surface area contributed by atoms with Crippen LogP contribution in [0.25, 0.3) is 0 Å². The smallest absolute Gasteiger partial charge is 0.324 e. The maximum Gasteiger partial charge on any atom is 0.324 e. The number of fused-ring (bicyclic) bond motifs is 1. The Morgan fingerprint density at radius 1 is 1.17 bits per heavy atom. The fourth-order valence-electron chi connectivity index (χ4n) is 4.03. The number of rotatable bonds is 4. The monoisotopic (exact) mass is 408 g/mol. The van der Waals surface area contributed by atoms with Crippen LogP contribution in [0.4, 0.5) is 10.5 Å². The van der Waals surface area contributed by atoms with Gasteiger partial charge in [-0.3, -0.25) is 14.7 Å². The second kappa shape index (κ2) is 9.15. The van der Waals surface area contributed by atoms with Crippen molar-refractivity contribution >= 4 is 17.6 Å². The van der Waals surface area contributed by atoms with Gasteiger partial charge in [0.25, 0.3) is 0 Å². The number of carbonyl (C=O) groups is 2. The summed E-state index contributed by atoms with van der Waals surface area (Å²) in [6, 6.07) is 11.5. The van der Waals surface area contributed by atoms with E-state index < -0.39 is 0 Å². The Bertz CT molecular complexity index is 881. The van der Waals surface area contributed by atoms with Gasteiger partial charge in [0.15, 0.2) is 0 Å². The molecule has 1 N–H and O–H groups in total. The van der Waals surface area contributed by atoms with Crippen molar-refractivity contribution in [3.63, 3.8) is 0 Å². The first-order valence-corrected chi connectivity index (χ1v) is 10.6. The number of ether oxygens (including phenoxy) is 1. The number of likely N-dealkylation sites (tertiary alicyclic amines) is 1. The molecule has 3 amide bonds. The third kappa shape index (κ3) is 4.40. The number of anilines is 1. The fourth-order valence-corrected chi connectivity index (χ4v) is 4.03. The average molecular weight is 409 g/mol. The molecule has 158 valence electrons. The Morgan fingerprint density at radius 2 is 1.97 bits per heavy atom. The van der Waals surface area contributed by atoms with E-state index in [4.69, 9.17) is 4.74 Å². The van der Waals surface area contributed by atoms with Crippen molar-refractivity contribution in [1.82, 2.24) is 15.2 Å². The van der Waals surface area contributed by atoms with E-state index in [0.717, 1.165) is 23.4 Å². The third-order valence-corrected chi connectivity index (χ3v) is 5.85. The summed E-state index contributed by atoms with van der Waals surface area (Å²) in [5, 5.41) is 2.99. The van der Waals surface area contributed by atoms with Crippen molar-refractivity contribution in [2.24, 2.45) is 5.92 Å². The van der Waals surface area contributed by atoms with Gasteiger partial charge in [-0.2, -0.15) is 0 Å². The lowest BCUT2D eigenvalue weighted by Crippen LogP contribution is -2.52. The van der Waals surface area contributed by atoms with Crippen molar-refractivity contribution < 1.29 is 14.3 Å². The molecule has 0 saturated carbocycles. The molecule has 1 fully saturated rings. The van der Waals surface area contributed by atoms with Crippen LogP contribution in [0, 0.1) is 5.92 Å². The van der Waals surface area contributed by atoms with Gasteiger partial charge in [-0.25, -0.2) is 4.79 Å². The highest BCUT2D eigenvalue weighted by atomic mass is 16.5. The highest BCUT2D eigenvalue weighted by Crippen LogP contribution is 2.35. The minimum Gasteiger partial charge on any atom is -0.486 e. The van der Waals surface area contributed by atoms with Crippen molar-refractivity contribution in [2.45, 2.75) is 38.8 Å². The van der Waals surface area contributed by atoms with E-state index in [1.807, 2.05) is 46.2 Å². The molecule has 2 aliphatic rings. The van der Waals surface area contributed by atoms with E-state index in [1.165, 1.54) is 0 Å². The summed E-state index contributed by atoms with van der Waals surface area (Å²) in [6.07, 6.45) is 5.66. The number of piperidine rings is 1. The summed E-state index contributed by atoms with van der Waals surface area (Å²) in [4.78, 5) is 33.5. The number of carbonyl (C=O) groups excluding carboxylic acids is 2. The number of para-hydroxylation sites is 2. The Balaban J connectivity index is 1.34. The van der Waals surface area contributed by atoms with E-state index in [9.17, 15) is 9.59 Å². The number of hydrogen-bond acceptors (Lipinski definition) is 4. The second-order valence-electron chi connectivity index (χ2n) is 7.85. The number of nitrogens with zero attached hydrogens (tertiary/aromatic N) is 3. The third-order valence-electron chi connectivity index (χ3n) is 5.85. The summed E-state index contributed by atoms with van der Waals surface area (Å²) >= 11 is 0. The van der Waals surface area contributed by atoms with Crippen LogP contribution in [0.5, 0.6) is 5.75 Å². The van der Waals surface area contributed by atoms with Crippen LogP contribution in [0.1, 0.15) is 31.7 Å². The van der Waals surface area contributed by atoms with Crippen LogP contribution < -0.4 is 15.0 Å². The molecule has 3 heterocycles. The maximum atomic E-state index is 13.3. The molecule has 1 saturated heterocycles. The lowest BCUT2D eigenvalue weighted by atomic mass is 9.96. The molecule has 1 atom stereocenters. The number of urea groups is 1. The number of hydrogen-bond donors (Lipinski definition) is 1. The highest BCUT2D eigenvalue weighted by molar-refractivity contribution is 5.94. The summed E-state index contributed by atoms with van der Waals surface area (Å²) in [5.74, 6) is 0.744. The van der Waals surface area contributed by atoms with Crippen molar-refractivity contribution in [3.05, 3.63) is 54.4 Å². The standard InChI is InChI=1S/C23H28N4O3/c1-2-19-16-27(20-7-3-4-8-21(20)30-19)23(29)26-12-9-18(10-13-26)22(28)25-15-17-6-5-11-24-14-17/h3-8,11,14,18-19H,2,9-10,12-13,15-16H2,1H3,(H,25,28). The average Bonchev–Trinajstić information content (AvgIpc) is 2.82. The Hall–Kier alpha value is -3.09. The zero-order valence-corrected chi connectivity index (χ0v) is 17.3. The molecule has 0 radical (unpaired) electrons. The van der Waals surface area contributed by atoms with Gasteiger partial charge in [-0.05, 0) is 43.0 Å². The number of nitrogens with one attached hydrogen (secondary N) is 1. The number of amides is 3. The summed E-state index contributed by atoms with van der Waals surface area (Å²) in [7, 11) is 0. The highest BCUT2D eigenvalue weighted by Gasteiger charge is 2.34. The Morgan fingerprint density at radius 3 is 2.70 bits per heavy atom. The SMILES string of the molecule is CCC1CN(C(=O)N2CCC(C(=O)NCc3cccnc3)CC2)c2ccccc2O1. The summed E-state index contributed by atoms with van der Waals surface area (Å²) in [5.41, 5.74) is 1.80. The van der Waals surface area contributed by atoms with E-state index in [-0.39, 0.29) is 24.0 Å². The quantitative estimate of drug-likeness (QED) is 0.843. The van der Waals surface area contributed by atoms with Gasteiger partial charge in [-0.1, -0.05) is 25.1 Å². The summed E-state index contributed by atoms with van der Waals surface area (Å²) in [6.45, 7) is 4.27. The minimum atomic E-state index is -0.0638. The first-order valence-electron chi connectivity index (χ1n) is 10.6. The number of aromatic nitrogens is 1. The zero-order valence-electron chi connectivity index (χ0n) is 17.3. The molecule has 1 aromatic heterocycles. The lowest BCUT2D eigenvalue weighted by Gasteiger charge is -2.39. The van der Waals surface area contributed by atoms with Crippen molar-refractivity contribution in [1.29, 1.82) is 0 Å². The van der Waals surface area contributed by atoms with Crippen molar-refractivity contribution in [2.75, 3.05) is 24.5 Å². The predicted octanol–water partition coefficient (Wildman–Crippen LogP) is 3.21. The molecule has 2 aromatic rings. The second-order valence-corrected chi connectivity index (χ2v) is 7.85. The molecule has 2 aliphatic heterocycles. The van der Waals surface area contributed by atoms with E-state index >= 15 is 0 Å². The van der Waals surface area contributed by atoms with Crippen LogP contribution in [0.3, 0.4) is 0 Å².